The van der Waals surface area contributed by atoms with Gasteiger partial charge >= 0.3 is 0 Å². The molecule has 2 N–H and O–H groups in total. The molecule has 2 aliphatic carbocycles. The SMILES string of the molecule is Cc1c(O[C@H]2CCC[C@@H](NCC3CC3)C2)ccc2[nH]ncc12. The van der Waals surface area contributed by atoms with Crippen molar-refractivity contribution in [3.8, 4) is 5.75 Å². The van der Waals surface area contributed by atoms with Crippen molar-refractivity contribution in [3.63, 3.8) is 0 Å². The molecule has 4 nitrogen and oxygen atoms in total. The zero-order valence-corrected chi connectivity index (χ0v) is 13.3. The van der Waals surface area contributed by atoms with Crippen molar-refractivity contribution in [3.05, 3.63) is 23.9 Å². The minimum Gasteiger partial charge on any atom is -0.490 e. The number of ether oxygens (including phenoxy) is 1. The summed E-state index contributed by atoms with van der Waals surface area (Å²) in [6, 6.07) is 4.78. The summed E-state index contributed by atoms with van der Waals surface area (Å²) in [4.78, 5) is 0. The van der Waals surface area contributed by atoms with Crippen LogP contribution in [0.3, 0.4) is 0 Å². The maximum absolute atomic E-state index is 6.33. The summed E-state index contributed by atoms with van der Waals surface area (Å²) in [6.07, 6.45) is 9.94. The van der Waals surface area contributed by atoms with Crippen LogP contribution in [0.2, 0.25) is 0 Å². The number of aromatic amines is 1. The van der Waals surface area contributed by atoms with Gasteiger partial charge in [0, 0.05) is 17.0 Å². The molecule has 1 aromatic carbocycles. The van der Waals surface area contributed by atoms with Crippen molar-refractivity contribution < 1.29 is 4.74 Å². The summed E-state index contributed by atoms with van der Waals surface area (Å²) in [5, 5.41) is 12.0. The Bertz CT molecular complexity index is 647. The third kappa shape index (κ3) is 2.98. The molecule has 2 aromatic rings. The van der Waals surface area contributed by atoms with Gasteiger partial charge in [-0.3, -0.25) is 5.10 Å². The first-order chi connectivity index (χ1) is 10.8. The molecule has 4 rings (SSSR count). The second kappa shape index (κ2) is 5.92. The Balaban J connectivity index is 1.41. The summed E-state index contributed by atoms with van der Waals surface area (Å²) >= 11 is 0. The van der Waals surface area contributed by atoms with Crippen LogP contribution in [0.25, 0.3) is 10.9 Å². The summed E-state index contributed by atoms with van der Waals surface area (Å²) < 4.78 is 6.33. The van der Waals surface area contributed by atoms with Gasteiger partial charge in [-0.1, -0.05) is 0 Å². The van der Waals surface area contributed by atoms with E-state index in [2.05, 4.69) is 34.6 Å². The largest absolute Gasteiger partial charge is 0.490 e. The fourth-order valence-corrected chi connectivity index (χ4v) is 3.54. The van der Waals surface area contributed by atoms with Gasteiger partial charge in [-0.25, -0.2) is 0 Å². The lowest BCUT2D eigenvalue weighted by atomic mass is 9.92. The Labute approximate surface area is 131 Å². The van der Waals surface area contributed by atoms with Gasteiger partial charge in [0.05, 0.1) is 11.7 Å². The van der Waals surface area contributed by atoms with Gasteiger partial charge in [-0.05, 0) is 70.0 Å². The highest BCUT2D eigenvalue weighted by molar-refractivity contribution is 5.83. The fourth-order valence-electron chi connectivity index (χ4n) is 3.54. The van der Waals surface area contributed by atoms with Gasteiger partial charge in [-0.15, -0.1) is 0 Å². The highest BCUT2D eigenvalue weighted by atomic mass is 16.5. The van der Waals surface area contributed by atoms with Crippen LogP contribution in [0.4, 0.5) is 0 Å². The summed E-state index contributed by atoms with van der Waals surface area (Å²) in [6.45, 7) is 3.33. The molecular weight excluding hydrogens is 274 g/mol. The van der Waals surface area contributed by atoms with Gasteiger partial charge in [0.25, 0.3) is 0 Å². The van der Waals surface area contributed by atoms with Crippen molar-refractivity contribution in [2.24, 2.45) is 5.92 Å². The lowest BCUT2D eigenvalue weighted by Gasteiger charge is -2.30. The van der Waals surface area contributed by atoms with Crippen LogP contribution >= 0.6 is 0 Å². The Kier molecular flexibility index (Phi) is 3.78. The van der Waals surface area contributed by atoms with Crippen molar-refractivity contribution in [2.45, 2.75) is 57.6 Å². The number of hydrogen-bond acceptors (Lipinski definition) is 3. The van der Waals surface area contributed by atoms with Crippen LogP contribution in [0.1, 0.15) is 44.1 Å². The van der Waals surface area contributed by atoms with E-state index in [1.54, 1.807) is 0 Å². The molecule has 2 saturated carbocycles. The Morgan fingerprint density at radius 1 is 1.27 bits per heavy atom. The van der Waals surface area contributed by atoms with Gasteiger partial charge in [0.1, 0.15) is 11.9 Å². The minimum absolute atomic E-state index is 0.341. The molecule has 0 amide bonds. The molecule has 0 unspecified atom stereocenters. The normalized spacial score (nSPS) is 25.5. The predicted molar refractivity (Wildman–Crippen MR) is 88.2 cm³/mol. The third-order valence-electron chi connectivity index (χ3n) is 5.16. The standard InChI is InChI=1S/C18H25N3O/c1-12-16-11-20-21-17(16)7-8-18(12)22-15-4-2-3-14(9-15)19-10-13-5-6-13/h7-8,11,13-15,19H,2-6,9-10H2,1H3,(H,20,21)/t14-,15+/m1/s1. The molecule has 0 aliphatic heterocycles. The molecule has 22 heavy (non-hydrogen) atoms. The molecule has 0 bridgehead atoms. The van der Waals surface area contributed by atoms with Crippen LogP contribution in [-0.2, 0) is 0 Å². The number of aryl methyl sites for hydroxylation is 1. The predicted octanol–water partition coefficient (Wildman–Crippen LogP) is 3.56. The first-order valence-corrected chi connectivity index (χ1v) is 8.62. The smallest absolute Gasteiger partial charge is 0.123 e. The van der Waals surface area contributed by atoms with Gasteiger partial charge in [0.2, 0.25) is 0 Å². The molecule has 118 valence electrons. The number of hydrogen-bond donors (Lipinski definition) is 2. The van der Waals surface area contributed by atoms with Crippen molar-refractivity contribution >= 4 is 10.9 Å². The highest BCUT2D eigenvalue weighted by Crippen LogP contribution is 2.31. The number of nitrogens with zero attached hydrogens (tertiary/aromatic N) is 1. The molecule has 1 heterocycles. The summed E-state index contributed by atoms with van der Waals surface area (Å²) in [7, 11) is 0. The van der Waals surface area contributed by atoms with Crippen molar-refractivity contribution in [1.82, 2.24) is 15.5 Å². The number of H-pyrrole nitrogens is 1. The highest BCUT2D eigenvalue weighted by Gasteiger charge is 2.26. The molecule has 0 spiro atoms. The fraction of sp³-hybridized carbons (Fsp3) is 0.611. The zero-order valence-electron chi connectivity index (χ0n) is 13.3. The molecular formula is C18H25N3O. The van der Waals surface area contributed by atoms with Gasteiger partial charge in [0.15, 0.2) is 0 Å². The monoisotopic (exact) mass is 299 g/mol. The Morgan fingerprint density at radius 2 is 2.18 bits per heavy atom. The number of nitrogens with one attached hydrogen (secondary N) is 2. The van der Waals surface area contributed by atoms with E-state index in [-0.39, 0.29) is 0 Å². The second-order valence-corrected chi connectivity index (χ2v) is 6.97. The van der Waals surface area contributed by atoms with E-state index in [1.807, 2.05) is 6.20 Å². The lowest BCUT2D eigenvalue weighted by Crippen LogP contribution is -2.39. The van der Waals surface area contributed by atoms with Crippen LogP contribution in [-0.4, -0.2) is 28.9 Å². The first-order valence-electron chi connectivity index (χ1n) is 8.62. The average molecular weight is 299 g/mol. The molecule has 0 saturated heterocycles. The first kappa shape index (κ1) is 14.1. The quantitative estimate of drug-likeness (QED) is 0.887. The van der Waals surface area contributed by atoms with E-state index in [0.29, 0.717) is 12.1 Å². The number of aromatic nitrogens is 2. The van der Waals surface area contributed by atoms with E-state index in [9.17, 15) is 0 Å². The van der Waals surface area contributed by atoms with Gasteiger partial charge < -0.3 is 10.1 Å². The summed E-state index contributed by atoms with van der Waals surface area (Å²) in [5.74, 6) is 1.97. The molecule has 2 atom stereocenters. The van der Waals surface area contributed by atoms with E-state index < -0.39 is 0 Å². The van der Waals surface area contributed by atoms with Crippen LogP contribution in [0, 0.1) is 12.8 Å². The second-order valence-electron chi connectivity index (χ2n) is 6.97. The molecule has 0 radical (unpaired) electrons. The zero-order chi connectivity index (χ0) is 14.9. The summed E-state index contributed by atoms with van der Waals surface area (Å²) in [5.41, 5.74) is 2.27. The third-order valence-corrected chi connectivity index (χ3v) is 5.16. The maximum Gasteiger partial charge on any atom is 0.123 e. The molecule has 4 heteroatoms. The van der Waals surface area contributed by atoms with Gasteiger partial charge in [-0.2, -0.15) is 5.10 Å². The molecule has 2 fully saturated rings. The Hall–Kier alpha value is -1.55. The van der Waals surface area contributed by atoms with Crippen molar-refractivity contribution in [1.29, 1.82) is 0 Å². The topological polar surface area (TPSA) is 49.9 Å². The number of fused-ring (bicyclic) bond motifs is 1. The van der Waals surface area contributed by atoms with Crippen molar-refractivity contribution in [2.75, 3.05) is 6.54 Å². The average Bonchev–Trinajstić information content (AvgIpc) is 3.24. The Morgan fingerprint density at radius 3 is 3.05 bits per heavy atom. The van der Waals surface area contributed by atoms with E-state index in [0.717, 1.165) is 29.0 Å². The maximum atomic E-state index is 6.33. The van der Waals surface area contributed by atoms with E-state index >= 15 is 0 Å². The number of rotatable bonds is 5. The minimum atomic E-state index is 0.341. The molecule has 2 aliphatic rings. The van der Waals surface area contributed by atoms with E-state index in [4.69, 9.17) is 4.74 Å². The molecule has 1 aromatic heterocycles. The lowest BCUT2D eigenvalue weighted by molar-refractivity contribution is 0.134. The van der Waals surface area contributed by atoms with E-state index in [1.165, 1.54) is 44.2 Å². The van der Waals surface area contributed by atoms with Crippen LogP contribution in [0.15, 0.2) is 18.3 Å². The van der Waals surface area contributed by atoms with Crippen LogP contribution < -0.4 is 10.1 Å². The number of benzene rings is 1. The van der Waals surface area contributed by atoms with Crippen LogP contribution in [0.5, 0.6) is 5.75 Å².